The van der Waals surface area contributed by atoms with Gasteiger partial charge in [-0.2, -0.15) is 8.78 Å². The second kappa shape index (κ2) is 13.9. The van der Waals surface area contributed by atoms with Crippen LogP contribution in [-0.2, 0) is 26.2 Å². The van der Waals surface area contributed by atoms with E-state index in [-0.39, 0.29) is 5.75 Å². The Bertz CT molecular complexity index is 1510. The van der Waals surface area contributed by atoms with Crippen molar-refractivity contribution in [2.45, 2.75) is 52.6 Å². The maximum Gasteiger partial charge on any atom is 0.387 e. The highest BCUT2D eigenvalue weighted by atomic mass is 19.3. The molecule has 0 amide bonds. The number of rotatable bonds is 13. The molecule has 0 radical (unpaired) electrons. The average Bonchev–Trinajstić information content (AvgIpc) is 3.35. The highest BCUT2D eigenvalue weighted by molar-refractivity contribution is 5.68. The molecule has 0 atom stereocenters. The monoisotopic (exact) mass is 551 g/mol. The topological polar surface area (TPSA) is 30.3 Å². The van der Waals surface area contributed by atoms with E-state index in [9.17, 15) is 8.78 Å². The van der Waals surface area contributed by atoms with Crippen molar-refractivity contribution >= 4 is 0 Å². The van der Waals surface area contributed by atoms with Gasteiger partial charge < -0.3 is 9.30 Å². The molecule has 1 heterocycles. The zero-order chi connectivity index (χ0) is 28.4. The summed E-state index contributed by atoms with van der Waals surface area (Å²) < 4.78 is 33.0. The van der Waals surface area contributed by atoms with Crippen LogP contribution in [0.2, 0.25) is 0 Å². The lowest BCUT2D eigenvalue weighted by molar-refractivity contribution is -0.0499. The molecule has 0 saturated carbocycles. The molecule has 0 aliphatic carbocycles. The lowest BCUT2D eigenvalue weighted by Gasteiger charge is -2.25. The molecule has 0 spiro atoms. The predicted molar refractivity (Wildman–Crippen MR) is 160 cm³/mol. The first kappa shape index (κ1) is 28.2. The summed E-state index contributed by atoms with van der Waals surface area (Å²) in [5.41, 5.74) is 6.34. The molecule has 0 fully saturated rings. The van der Waals surface area contributed by atoms with Crippen LogP contribution < -0.4 is 4.74 Å². The van der Waals surface area contributed by atoms with Crippen LogP contribution in [0.4, 0.5) is 8.78 Å². The number of aromatic nitrogens is 2. The molecular weight excluding hydrogens is 516 g/mol. The summed E-state index contributed by atoms with van der Waals surface area (Å²) in [6.45, 7) is 2.07. The normalized spacial score (nSPS) is 11.3. The Labute approximate surface area is 240 Å². The maximum absolute atomic E-state index is 12.9. The van der Waals surface area contributed by atoms with E-state index in [4.69, 9.17) is 9.72 Å². The molecule has 6 heteroatoms. The number of imidazole rings is 1. The molecule has 0 saturated heterocycles. The van der Waals surface area contributed by atoms with E-state index in [0.29, 0.717) is 19.6 Å². The fourth-order valence-corrected chi connectivity index (χ4v) is 5.14. The third-order valence-electron chi connectivity index (χ3n) is 7.04. The number of nitrogens with zero attached hydrogens (tertiary/aromatic N) is 3. The SMILES string of the molecule is CCCCn1c(-c2ccccc2)nc(-c2ccccc2)c1CN(Cc1ccccc1)Cc1cccc(OC(F)F)c1. The standard InChI is InChI=1S/C35H35F2N3O/c1-2-3-22-40-32(33(29-17-9-5-10-18-29)38-34(40)30-19-11-6-12-20-30)26-39(24-27-14-7-4-8-15-27)25-28-16-13-21-31(23-28)41-35(36)37/h4-21,23,35H,2-3,22,24-26H2,1H3. The molecule has 41 heavy (non-hydrogen) atoms. The van der Waals surface area contributed by atoms with E-state index in [1.54, 1.807) is 18.2 Å². The van der Waals surface area contributed by atoms with Gasteiger partial charge in [0, 0.05) is 37.3 Å². The highest BCUT2D eigenvalue weighted by Gasteiger charge is 2.22. The molecule has 4 nitrogen and oxygen atoms in total. The van der Waals surface area contributed by atoms with Gasteiger partial charge in [-0.3, -0.25) is 4.90 Å². The molecule has 5 rings (SSSR count). The van der Waals surface area contributed by atoms with E-state index in [0.717, 1.165) is 53.3 Å². The summed E-state index contributed by atoms with van der Waals surface area (Å²) in [4.78, 5) is 7.60. The molecule has 4 aromatic carbocycles. The van der Waals surface area contributed by atoms with Gasteiger partial charge in [-0.1, -0.05) is 116 Å². The Morgan fingerprint density at radius 3 is 2.00 bits per heavy atom. The van der Waals surface area contributed by atoms with Crippen molar-refractivity contribution in [2.24, 2.45) is 0 Å². The van der Waals surface area contributed by atoms with Crippen molar-refractivity contribution in [2.75, 3.05) is 0 Å². The van der Waals surface area contributed by atoms with Gasteiger partial charge in [0.05, 0.1) is 11.4 Å². The Morgan fingerprint density at radius 1 is 0.732 bits per heavy atom. The zero-order valence-electron chi connectivity index (χ0n) is 23.3. The van der Waals surface area contributed by atoms with E-state index in [1.807, 2.05) is 60.7 Å². The minimum Gasteiger partial charge on any atom is -0.435 e. The van der Waals surface area contributed by atoms with Crippen molar-refractivity contribution < 1.29 is 13.5 Å². The molecule has 0 N–H and O–H groups in total. The van der Waals surface area contributed by atoms with Crippen LogP contribution in [-0.4, -0.2) is 21.1 Å². The van der Waals surface area contributed by atoms with Crippen LogP contribution in [0.25, 0.3) is 22.6 Å². The summed E-state index contributed by atoms with van der Waals surface area (Å²) in [5, 5.41) is 0. The van der Waals surface area contributed by atoms with Crippen LogP contribution in [0.5, 0.6) is 5.75 Å². The van der Waals surface area contributed by atoms with E-state index < -0.39 is 6.61 Å². The quantitative estimate of drug-likeness (QED) is 0.146. The Hall–Kier alpha value is -4.29. The lowest BCUT2D eigenvalue weighted by Crippen LogP contribution is -2.24. The predicted octanol–water partition coefficient (Wildman–Crippen LogP) is 8.82. The Kier molecular flexibility index (Phi) is 9.55. The number of unbranched alkanes of at least 4 members (excludes halogenated alkanes) is 1. The largest absolute Gasteiger partial charge is 0.435 e. The van der Waals surface area contributed by atoms with Crippen LogP contribution >= 0.6 is 0 Å². The summed E-state index contributed by atoms with van der Waals surface area (Å²) in [7, 11) is 0. The first-order valence-corrected chi connectivity index (χ1v) is 14.1. The maximum atomic E-state index is 12.9. The number of halogens is 2. The van der Waals surface area contributed by atoms with Gasteiger partial charge in [0.15, 0.2) is 0 Å². The van der Waals surface area contributed by atoms with Crippen LogP contribution in [0.15, 0.2) is 115 Å². The highest BCUT2D eigenvalue weighted by Crippen LogP contribution is 2.32. The number of hydrogen-bond donors (Lipinski definition) is 0. The van der Waals surface area contributed by atoms with E-state index >= 15 is 0 Å². The van der Waals surface area contributed by atoms with Gasteiger partial charge in [-0.25, -0.2) is 4.98 Å². The minimum atomic E-state index is -2.86. The van der Waals surface area contributed by atoms with Crippen molar-refractivity contribution in [3.8, 4) is 28.4 Å². The molecule has 210 valence electrons. The van der Waals surface area contributed by atoms with E-state index in [2.05, 4.69) is 52.8 Å². The van der Waals surface area contributed by atoms with Crippen molar-refractivity contribution in [1.29, 1.82) is 0 Å². The number of hydrogen-bond acceptors (Lipinski definition) is 3. The summed E-state index contributed by atoms with van der Waals surface area (Å²) >= 11 is 0. The third-order valence-corrected chi connectivity index (χ3v) is 7.04. The smallest absolute Gasteiger partial charge is 0.387 e. The molecule has 0 aliphatic rings. The van der Waals surface area contributed by atoms with Gasteiger partial charge in [-0.15, -0.1) is 0 Å². The van der Waals surface area contributed by atoms with Gasteiger partial charge in [-0.05, 0) is 29.7 Å². The Balaban J connectivity index is 1.59. The number of ether oxygens (including phenoxy) is 1. The molecule has 0 aliphatic heterocycles. The van der Waals surface area contributed by atoms with Crippen LogP contribution in [0.1, 0.15) is 36.6 Å². The number of benzene rings is 4. The van der Waals surface area contributed by atoms with Gasteiger partial charge in [0.1, 0.15) is 11.6 Å². The molecule has 1 aromatic heterocycles. The molecule has 5 aromatic rings. The molecule has 0 unspecified atom stereocenters. The van der Waals surface area contributed by atoms with E-state index in [1.165, 1.54) is 5.56 Å². The summed E-state index contributed by atoms with van der Waals surface area (Å²) in [6.07, 6.45) is 2.10. The fourth-order valence-electron chi connectivity index (χ4n) is 5.14. The van der Waals surface area contributed by atoms with Crippen LogP contribution in [0.3, 0.4) is 0 Å². The van der Waals surface area contributed by atoms with Crippen molar-refractivity contribution in [3.05, 3.63) is 132 Å². The average molecular weight is 552 g/mol. The lowest BCUT2D eigenvalue weighted by atomic mass is 10.1. The number of alkyl halides is 2. The first-order chi connectivity index (χ1) is 20.1. The first-order valence-electron chi connectivity index (χ1n) is 14.1. The van der Waals surface area contributed by atoms with Gasteiger partial charge >= 0.3 is 6.61 Å². The van der Waals surface area contributed by atoms with Gasteiger partial charge in [0.2, 0.25) is 0 Å². The summed E-state index contributed by atoms with van der Waals surface area (Å²) in [5.74, 6) is 1.13. The Morgan fingerprint density at radius 2 is 1.34 bits per heavy atom. The second-order valence-corrected chi connectivity index (χ2v) is 10.1. The van der Waals surface area contributed by atoms with Gasteiger partial charge in [0.25, 0.3) is 0 Å². The summed E-state index contributed by atoms with van der Waals surface area (Å²) in [6, 6.07) is 38.0. The minimum absolute atomic E-state index is 0.168. The third kappa shape index (κ3) is 7.47. The zero-order valence-corrected chi connectivity index (χ0v) is 23.3. The van der Waals surface area contributed by atoms with Crippen molar-refractivity contribution in [3.63, 3.8) is 0 Å². The van der Waals surface area contributed by atoms with Crippen molar-refractivity contribution in [1.82, 2.24) is 14.5 Å². The van der Waals surface area contributed by atoms with Crippen LogP contribution in [0, 0.1) is 0 Å². The molecule has 0 bridgehead atoms. The second-order valence-electron chi connectivity index (χ2n) is 10.1. The molecular formula is C35H35F2N3O. The fraction of sp³-hybridized carbons (Fsp3) is 0.229.